The van der Waals surface area contributed by atoms with Gasteiger partial charge in [0.1, 0.15) is 11.3 Å². The van der Waals surface area contributed by atoms with Crippen molar-refractivity contribution in [2.45, 2.75) is 19.4 Å². The zero-order chi connectivity index (χ0) is 15.6. The smallest absolute Gasteiger partial charge is 0.160 e. The molecule has 23 heavy (non-hydrogen) atoms. The van der Waals surface area contributed by atoms with Gasteiger partial charge in [0.15, 0.2) is 5.65 Å². The Kier molecular flexibility index (Phi) is 4.02. The number of pyridine rings is 1. The van der Waals surface area contributed by atoms with Gasteiger partial charge in [-0.3, -0.25) is 0 Å². The third kappa shape index (κ3) is 2.96. The van der Waals surface area contributed by atoms with Crippen LogP contribution in [0.4, 0.5) is 0 Å². The lowest BCUT2D eigenvalue weighted by Gasteiger charge is -2.24. The molecular formula is C18H19ClN4. The molecular weight excluding hydrogens is 308 g/mol. The average molecular weight is 327 g/mol. The lowest BCUT2D eigenvalue weighted by Crippen LogP contribution is -2.32. The number of piperidine rings is 1. The fourth-order valence-corrected chi connectivity index (χ4v) is 3.46. The molecule has 1 aliphatic rings. The van der Waals surface area contributed by atoms with Crippen LogP contribution in [0.3, 0.4) is 0 Å². The topological polar surface area (TPSA) is 42.7 Å². The molecule has 0 radical (unpaired) electrons. The summed E-state index contributed by atoms with van der Waals surface area (Å²) in [4.78, 5) is 9.35. The van der Waals surface area contributed by atoms with Crippen molar-refractivity contribution in [3.05, 3.63) is 47.6 Å². The number of hydrogen-bond donors (Lipinski definition) is 1. The molecule has 4 nitrogen and oxygen atoms in total. The first kappa shape index (κ1) is 14.7. The van der Waals surface area contributed by atoms with Gasteiger partial charge in [0.25, 0.3) is 0 Å². The van der Waals surface area contributed by atoms with Gasteiger partial charge in [-0.2, -0.15) is 0 Å². The molecule has 1 atom stereocenters. The molecule has 0 spiro atoms. The number of aromatic nitrogens is 3. The van der Waals surface area contributed by atoms with Gasteiger partial charge in [-0.25, -0.2) is 9.97 Å². The van der Waals surface area contributed by atoms with E-state index in [9.17, 15) is 0 Å². The Morgan fingerprint density at radius 2 is 2.13 bits per heavy atom. The fourth-order valence-electron chi connectivity index (χ4n) is 3.30. The Hall–Kier alpha value is -1.91. The van der Waals surface area contributed by atoms with Gasteiger partial charge in [0.05, 0.1) is 5.02 Å². The molecule has 118 valence electrons. The van der Waals surface area contributed by atoms with Crippen LogP contribution in [0.2, 0.25) is 5.02 Å². The highest BCUT2D eigenvalue weighted by atomic mass is 35.5. The highest BCUT2D eigenvalue weighted by molar-refractivity contribution is 6.31. The van der Waals surface area contributed by atoms with Crippen molar-refractivity contribution in [3.8, 4) is 11.4 Å². The zero-order valence-corrected chi connectivity index (χ0v) is 13.6. The fraction of sp³-hybridized carbons (Fsp3) is 0.333. The van der Waals surface area contributed by atoms with E-state index in [0.29, 0.717) is 10.9 Å². The van der Waals surface area contributed by atoms with Crippen LogP contribution in [0.5, 0.6) is 0 Å². The molecule has 1 aliphatic heterocycles. The summed E-state index contributed by atoms with van der Waals surface area (Å²) in [5.41, 5.74) is 2.89. The number of nitrogens with one attached hydrogen (secondary N) is 1. The summed E-state index contributed by atoms with van der Waals surface area (Å²) in [5, 5.41) is 4.11. The third-order valence-electron chi connectivity index (χ3n) is 4.42. The summed E-state index contributed by atoms with van der Waals surface area (Å²) in [7, 11) is 0. The van der Waals surface area contributed by atoms with Crippen molar-refractivity contribution in [2.75, 3.05) is 13.1 Å². The molecule has 1 aromatic carbocycles. The summed E-state index contributed by atoms with van der Waals surface area (Å²) in [5.74, 6) is 1.59. The third-order valence-corrected chi connectivity index (χ3v) is 4.63. The number of rotatable bonds is 3. The van der Waals surface area contributed by atoms with Crippen molar-refractivity contribution < 1.29 is 0 Å². The number of hydrogen-bond acceptors (Lipinski definition) is 3. The molecule has 0 amide bonds. The first-order valence-electron chi connectivity index (χ1n) is 8.09. The Balaban J connectivity index is 1.81. The Morgan fingerprint density at radius 1 is 1.26 bits per heavy atom. The van der Waals surface area contributed by atoms with Gasteiger partial charge >= 0.3 is 0 Å². The Bertz CT molecular complexity index is 807. The molecule has 1 N–H and O–H groups in total. The van der Waals surface area contributed by atoms with E-state index in [1.807, 2.05) is 24.3 Å². The van der Waals surface area contributed by atoms with Gasteiger partial charge in [-0.05, 0) is 37.9 Å². The van der Waals surface area contributed by atoms with Gasteiger partial charge in [0.2, 0.25) is 0 Å². The van der Waals surface area contributed by atoms with Gasteiger partial charge < -0.3 is 9.88 Å². The molecule has 1 unspecified atom stereocenters. The highest BCUT2D eigenvalue weighted by Gasteiger charge is 2.19. The van der Waals surface area contributed by atoms with E-state index >= 15 is 0 Å². The maximum atomic E-state index is 6.10. The molecule has 5 heteroatoms. The average Bonchev–Trinajstić information content (AvgIpc) is 2.94. The summed E-state index contributed by atoms with van der Waals surface area (Å²) in [6.07, 6.45) is 4.18. The monoisotopic (exact) mass is 326 g/mol. The van der Waals surface area contributed by atoms with Crippen molar-refractivity contribution in [1.82, 2.24) is 19.9 Å². The van der Waals surface area contributed by atoms with Crippen molar-refractivity contribution in [1.29, 1.82) is 0 Å². The molecule has 1 saturated heterocycles. The highest BCUT2D eigenvalue weighted by Crippen LogP contribution is 2.27. The van der Waals surface area contributed by atoms with E-state index in [4.69, 9.17) is 16.6 Å². The maximum Gasteiger partial charge on any atom is 0.160 e. The quantitative estimate of drug-likeness (QED) is 0.797. The molecule has 0 bridgehead atoms. The molecule has 3 aromatic rings. The molecule has 0 aliphatic carbocycles. The normalized spacial score (nSPS) is 18.4. The summed E-state index contributed by atoms with van der Waals surface area (Å²) in [6.45, 7) is 3.12. The van der Waals surface area contributed by atoms with E-state index in [-0.39, 0.29) is 0 Å². The van der Waals surface area contributed by atoms with Crippen LogP contribution in [0.1, 0.15) is 12.8 Å². The lowest BCUT2D eigenvalue weighted by atomic mass is 9.99. The first-order chi connectivity index (χ1) is 11.3. The number of halogens is 1. The largest absolute Gasteiger partial charge is 0.316 e. The molecule has 4 rings (SSSR count). The van der Waals surface area contributed by atoms with E-state index in [1.165, 1.54) is 12.8 Å². The van der Waals surface area contributed by atoms with Crippen molar-refractivity contribution >= 4 is 22.8 Å². The molecule has 0 saturated carbocycles. The van der Waals surface area contributed by atoms with Crippen LogP contribution < -0.4 is 5.32 Å². The van der Waals surface area contributed by atoms with E-state index < -0.39 is 0 Å². The van der Waals surface area contributed by atoms with E-state index in [1.54, 1.807) is 6.20 Å². The van der Waals surface area contributed by atoms with Crippen LogP contribution in [0.25, 0.3) is 22.6 Å². The van der Waals surface area contributed by atoms with E-state index in [0.717, 1.165) is 42.2 Å². The second-order valence-corrected chi connectivity index (χ2v) is 6.56. The van der Waals surface area contributed by atoms with Crippen LogP contribution in [0.15, 0.2) is 42.6 Å². The lowest BCUT2D eigenvalue weighted by molar-refractivity contribution is 0.341. The predicted molar refractivity (Wildman–Crippen MR) is 93.6 cm³/mol. The second-order valence-electron chi connectivity index (χ2n) is 6.12. The van der Waals surface area contributed by atoms with Crippen molar-refractivity contribution in [3.63, 3.8) is 0 Å². The summed E-state index contributed by atoms with van der Waals surface area (Å²) < 4.78 is 2.25. The van der Waals surface area contributed by atoms with E-state index in [2.05, 4.69) is 27.0 Å². The second kappa shape index (κ2) is 6.30. The standard InChI is InChI=1S/C18H19ClN4/c19-15-9-16-18(21-11-15)23(12-13-5-4-8-20-10-13)17(22-16)14-6-2-1-3-7-14/h1-3,6-7,9,11,13,20H,4-5,8,10,12H2. The van der Waals surface area contributed by atoms with Crippen molar-refractivity contribution in [2.24, 2.45) is 5.92 Å². The Morgan fingerprint density at radius 3 is 2.91 bits per heavy atom. The van der Waals surface area contributed by atoms with Crippen LogP contribution in [-0.4, -0.2) is 27.6 Å². The number of nitrogens with zero attached hydrogens (tertiary/aromatic N) is 3. The Labute approximate surface area is 140 Å². The first-order valence-corrected chi connectivity index (χ1v) is 8.47. The zero-order valence-electron chi connectivity index (χ0n) is 12.9. The summed E-state index contributed by atoms with van der Waals surface area (Å²) in [6, 6.07) is 12.2. The van der Waals surface area contributed by atoms with Gasteiger partial charge in [-0.15, -0.1) is 0 Å². The number of imidazole rings is 1. The molecule has 3 heterocycles. The van der Waals surface area contributed by atoms with Crippen LogP contribution in [0, 0.1) is 5.92 Å². The van der Waals surface area contributed by atoms with Crippen LogP contribution >= 0.6 is 11.6 Å². The SMILES string of the molecule is Clc1cnc2c(c1)nc(-c1ccccc1)n2CC1CCCNC1. The van der Waals surface area contributed by atoms with Gasteiger partial charge in [0, 0.05) is 18.3 Å². The van der Waals surface area contributed by atoms with Gasteiger partial charge in [-0.1, -0.05) is 41.9 Å². The predicted octanol–water partition coefficient (Wildman–Crippen LogP) is 3.75. The van der Waals surface area contributed by atoms with Crippen LogP contribution in [-0.2, 0) is 6.54 Å². The minimum atomic E-state index is 0.612. The number of fused-ring (bicyclic) bond motifs is 1. The minimum Gasteiger partial charge on any atom is -0.316 e. The number of benzene rings is 1. The minimum absolute atomic E-state index is 0.612. The maximum absolute atomic E-state index is 6.10. The molecule has 1 fully saturated rings. The summed E-state index contributed by atoms with van der Waals surface area (Å²) >= 11 is 6.10. The molecule has 2 aromatic heterocycles.